The zero-order valence-corrected chi connectivity index (χ0v) is 11.7. The number of terminal acetylenes is 1. The van der Waals surface area contributed by atoms with E-state index in [4.69, 9.17) is 21.4 Å². The van der Waals surface area contributed by atoms with E-state index >= 15 is 0 Å². The number of nitrogens with zero attached hydrogens (tertiary/aromatic N) is 4. The molecule has 1 aromatic rings. The van der Waals surface area contributed by atoms with E-state index in [0.29, 0.717) is 0 Å². The lowest BCUT2D eigenvalue weighted by molar-refractivity contribution is -0.0798. The molecule has 0 saturated carbocycles. The maximum atomic E-state index is 11.9. The molecule has 0 aliphatic carbocycles. The minimum atomic E-state index is -2.02. The molecule has 11 nitrogen and oxygen atoms in total. The normalized spacial score (nSPS) is 26.3. The molecular weight excluding hydrogens is 310 g/mol. The largest absolute Gasteiger partial charge is 0.474 e. The van der Waals surface area contributed by atoms with E-state index in [2.05, 4.69) is 15.9 Å². The van der Waals surface area contributed by atoms with E-state index < -0.39 is 35.9 Å². The average Bonchev–Trinajstić information content (AvgIpc) is 2.83. The van der Waals surface area contributed by atoms with Crippen molar-refractivity contribution < 1.29 is 19.7 Å². The smallest absolute Gasteiger partial charge is 0.330 e. The first-order valence-corrected chi connectivity index (χ1v) is 6.42. The van der Waals surface area contributed by atoms with Crippen LogP contribution in [0.15, 0.2) is 20.9 Å². The predicted octanol–water partition coefficient (Wildman–Crippen LogP) is -1.17. The van der Waals surface area contributed by atoms with Gasteiger partial charge in [0.1, 0.15) is 18.9 Å². The van der Waals surface area contributed by atoms with Gasteiger partial charge in [-0.1, -0.05) is 11.0 Å². The molecule has 11 heteroatoms. The molecule has 0 bridgehead atoms. The minimum Gasteiger partial charge on any atom is -0.474 e. The van der Waals surface area contributed by atoms with Crippen LogP contribution in [0.25, 0.3) is 10.4 Å². The van der Waals surface area contributed by atoms with Crippen molar-refractivity contribution in [3.63, 3.8) is 0 Å². The van der Waals surface area contributed by atoms with Gasteiger partial charge in [0.15, 0.2) is 5.72 Å². The van der Waals surface area contributed by atoms with Crippen LogP contribution in [0.1, 0.15) is 12.6 Å². The number of hydrogen-bond donors (Lipinski definition) is 3. The number of aliphatic hydroxyl groups excluding tert-OH is 1. The Bertz CT molecular complexity index is 788. The first-order valence-electron chi connectivity index (χ1n) is 6.42. The standard InChI is InChI=1S/C12H13N5O6/c1-2-3-22-7-5-17(11(20)14-10(7)19)9-4-12(21,15-16-13)8(6-18)23-9/h1,5,8-9,18,21H,3-4,6H2,(H,14,19,20)/t8-,9-,12+/m1/s1. The number of ether oxygens (including phenoxy) is 2. The Morgan fingerprint density at radius 2 is 2.43 bits per heavy atom. The third-order valence-electron chi connectivity index (χ3n) is 3.25. The van der Waals surface area contributed by atoms with Gasteiger partial charge in [-0.3, -0.25) is 14.3 Å². The van der Waals surface area contributed by atoms with Gasteiger partial charge in [-0.05, 0) is 5.53 Å². The van der Waals surface area contributed by atoms with Gasteiger partial charge in [-0.25, -0.2) is 4.79 Å². The molecule has 0 amide bonds. The van der Waals surface area contributed by atoms with Crippen molar-refractivity contribution in [3.8, 4) is 18.1 Å². The van der Waals surface area contributed by atoms with E-state index in [9.17, 15) is 19.8 Å². The van der Waals surface area contributed by atoms with Crippen LogP contribution < -0.4 is 16.0 Å². The van der Waals surface area contributed by atoms with Crippen LogP contribution in [-0.2, 0) is 4.74 Å². The quantitative estimate of drug-likeness (QED) is 0.267. The predicted molar refractivity (Wildman–Crippen MR) is 75.4 cm³/mol. The Kier molecular flexibility index (Phi) is 4.73. The average molecular weight is 323 g/mol. The monoisotopic (exact) mass is 323 g/mol. The molecule has 1 aliphatic heterocycles. The first-order chi connectivity index (χ1) is 10.9. The lowest BCUT2D eigenvalue weighted by Crippen LogP contribution is -2.38. The summed E-state index contributed by atoms with van der Waals surface area (Å²) >= 11 is 0. The number of nitrogens with one attached hydrogen (secondary N) is 1. The van der Waals surface area contributed by atoms with Crippen molar-refractivity contribution in [2.75, 3.05) is 13.2 Å². The fourth-order valence-corrected chi connectivity index (χ4v) is 2.17. The Labute approximate surface area is 128 Å². The molecule has 0 spiro atoms. The SMILES string of the molecule is C#CCOc1cn([C@H]2C[C@@](O)(N=[N+]=[N-])[C@@H](CO)O2)c(=O)[nH]c1=O. The van der Waals surface area contributed by atoms with E-state index in [1.165, 1.54) is 0 Å². The van der Waals surface area contributed by atoms with Crippen LogP contribution in [0, 0.1) is 12.3 Å². The molecule has 3 atom stereocenters. The molecule has 122 valence electrons. The van der Waals surface area contributed by atoms with Gasteiger partial charge in [0.25, 0.3) is 5.56 Å². The zero-order valence-electron chi connectivity index (χ0n) is 11.7. The van der Waals surface area contributed by atoms with Gasteiger partial charge in [-0.15, -0.1) is 6.42 Å². The van der Waals surface area contributed by atoms with Crippen LogP contribution in [0.5, 0.6) is 5.75 Å². The number of aromatic amines is 1. The molecule has 1 aliphatic rings. The van der Waals surface area contributed by atoms with Crippen molar-refractivity contribution in [3.05, 3.63) is 37.5 Å². The van der Waals surface area contributed by atoms with Crippen molar-refractivity contribution in [1.29, 1.82) is 0 Å². The highest BCUT2D eigenvalue weighted by Gasteiger charge is 2.47. The summed E-state index contributed by atoms with van der Waals surface area (Å²) in [4.78, 5) is 28.0. The van der Waals surface area contributed by atoms with Gasteiger partial charge in [0.05, 0.1) is 12.8 Å². The maximum absolute atomic E-state index is 11.9. The lowest BCUT2D eigenvalue weighted by atomic mass is 10.1. The van der Waals surface area contributed by atoms with Crippen molar-refractivity contribution in [1.82, 2.24) is 9.55 Å². The second-order valence-electron chi connectivity index (χ2n) is 4.69. The van der Waals surface area contributed by atoms with Gasteiger partial charge in [-0.2, -0.15) is 0 Å². The number of hydrogen-bond acceptors (Lipinski definition) is 7. The Hall–Kier alpha value is -2.77. The van der Waals surface area contributed by atoms with E-state index in [0.717, 1.165) is 10.8 Å². The molecular formula is C12H13N5O6. The van der Waals surface area contributed by atoms with Crippen LogP contribution >= 0.6 is 0 Å². The van der Waals surface area contributed by atoms with Crippen LogP contribution in [-0.4, -0.2) is 44.8 Å². The molecule has 23 heavy (non-hydrogen) atoms. The van der Waals surface area contributed by atoms with Crippen LogP contribution in [0.3, 0.4) is 0 Å². The fraction of sp³-hybridized carbons (Fsp3) is 0.500. The molecule has 2 heterocycles. The van der Waals surface area contributed by atoms with Crippen molar-refractivity contribution in [2.24, 2.45) is 5.11 Å². The fourth-order valence-electron chi connectivity index (χ4n) is 2.17. The highest BCUT2D eigenvalue weighted by molar-refractivity contribution is 5.14. The molecule has 0 aromatic carbocycles. The third kappa shape index (κ3) is 3.20. The third-order valence-corrected chi connectivity index (χ3v) is 3.25. The molecule has 1 fully saturated rings. The van der Waals surface area contributed by atoms with Crippen molar-refractivity contribution in [2.45, 2.75) is 24.5 Å². The van der Waals surface area contributed by atoms with Gasteiger partial charge in [0, 0.05) is 11.3 Å². The number of azide groups is 1. The second-order valence-corrected chi connectivity index (χ2v) is 4.69. The topological polar surface area (TPSA) is 163 Å². The van der Waals surface area contributed by atoms with Crippen LogP contribution in [0.4, 0.5) is 0 Å². The summed E-state index contributed by atoms with van der Waals surface area (Å²) in [7, 11) is 0. The van der Waals surface area contributed by atoms with Gasteiger partial charge >= 0.3 is 5.69 Å². The number of H-pyrrole nitrogens is 1. The molecule has 3 N–H and O–H groups in total. The summed E-state index contributed by atoms with van der Waals surface area (Å²) in [5.41, 5.74) is 4.88. The molecule has 0 unspecified atom stereocenters. The highest BCUT2D eigenvalue weighted by atomic mass is 16.6. The summed E-state index contributed by atoms with van der Waals surface area (Å²) in [6.07, 6.45) is 3.49. The summed E-state index contributed by atoms with van der Waals surface area (Å²) in [5.74, 6) is 1.95. The number of aliphatic hydroxyl groups is 2. The Morgan fingerprint density at radius 3 is 3.04 bits per heavy atom. The highest BCUT2D eigenvalue weighted by Crippen LogP contribution is 2.37. The number of rotatable bonds is 5. The minimum absolute atomic E-state index is 0.186. The number of aromatic nitrogens is 2. The molecule has 1 aromatic heterocycles. The Balaban J connectivity index is 2.39. The zero-order chi connectivity index (χ0) is 17.0. The van der Waals surface area contributed by atoms with Gasteiger partial charge < -0.3 is 19.7 Å². The summed E-state index contributed by atoms with van der Waals surface area (Å²) in [5, 5.41) is 22.6. The summed E-state index contributed by atoms with van der Waals surface area (Å²) in [6.45, 7) is -0.820. The van der Waals surface area contributed by atoms with E-state index in [1.54, 1.807) is 0 Å². The summed E-state index contributed by atoms with van der Waals surface area (Å²) in [6, 6.07) is 0. The lowest BCUT2D eigenvalue weighted by Gasteiger charge is -2.19. The van der Waals surface area contributed by atoms with E-state index in [-0.39, 0.29) is 18.8 Å². The Morgan fingerprint density at radius 1 is 1.70 bits per heavy atom. The second kappa shape index (κ2) is 6.55. The van der Waals surface area contributed by atoms with Crippen molar-refractivity contribution >= 4 is 0 Å². The maximum Gasteiger partial charge on any atom is 0.330 e. The summed E-state index contributed by atoms with van der Waals surface area (Å²) < 4.78 is 11.3. The first kappa shape index (κ1) is 16.6. The van der Waals surface area contributed by atoms with Gasteiger partial charge in [0.2, 0.25) is 5.75 Å². The molecule has 2 rings (SSSR count). The van der Waals surface area contributed by atoms with E-state index in [1.807, 2.05) is 4.98 Å². The van der Waals surface area contributed by atoms with Crippen LogP contribution in [0.2, 0.25) is 0 Å². The molecule has 0 radical (unpaired) electrons. The molecule has 1 saturated heterocycles.